The molecule has 0 aromatic heterocycles. The molecule has 0 aliphatic carbocycles. The average Bonchev–Trinajstić information content (AvgIpc) is 2.39. The van der Waals surface area contributed by atoms with Crippen molar-refractivity contribution in [2.24, 2.45) is 0 Å². The highest BCUT2D eigenvalue weighted by Crippen LogP contribution is 2.45. The zero-order valence-corrected chi connectivity index (χ0v) is 11.6. The first-order valence-electron chi connectivity index (χ1n) is 6.27. The van der Waals surface area contributed by atoms with Gasteiger partial charge in [-0.2, -0.15) is 30.7 Å². The molecular weight excluding hydrogens is 355 g/mol. The highest BCUT2D eigenvalue weighted by Gasteiger charge is 2.73. The van der Waals surface area contributed by atoms with Gasteiger partial charge in [0.05, 0.1) is 0 Å². The Morgan fingerprint density at radius 1 is 0.739 bits per heavy atom. The van der Waals surface area contributed by atoms with E-state index in [4.69, 9.17) is 0 Å². The van der Waals surface area contributed by atoms with E-state index in [2.05, 4.69) is 0 Å². The lowest BCUT2D eigenvalue weighted by atomic mass is 10.1. The van der Waals surface area contributed by atoms with Gasteiger partial charge < -0.3 is 0 Å². The first-order valence-corrected chi connectivity index (χ1v) is 6.27. The van der Waals surface area contributed by atoms with E-state index in [9.17, 15) is 48.3 Å². The third kappa shape index (κ3) is 5.96. The molecule has 0 aromatic rings. The average molecular weight is 369 g/mol. The number of alkyl halides is 11. The maximum absolute atomic E-state index is 13.2. The predicted octanol–water partition coefficient (Wildman–Crippen LogP) is 4.52. The third-order valence-electron chi connectivity index (χ3n) is 2.88. The molecule has 4 atom stereocenters. The van der Waals surface area contributed by atoms with Crippen LogP contribution in [0.4, 0.5) is 48.3 Å². The smallest absolute Gasteiger partial charge is 0.250 e. The van der Waals surface area contributed by atoms with Crippen molar-refractivity contribution in [2.75, 3.05) is 6.54 Å². The van der Waals surface area contributed by atoms with Gasteiger partial charge in [0.25, 0.3) is 0 Å². The lowest BCUT2D eigenvalue weighted by Gasteiger charge is -2.29. The highest BCUT2D eigenvalue weighted by molar-refractivity contribution is 4.90. The second kappa shape index (κ2) is 7.84. The minimum Gasteiger partial charge on any atom is -0.250 e. The topological polar surface area (TPSA) is 12.0 Å². The molecule has 0 fully saturated rings. The Labute approximate surface area is 124 Å². The van der Waals surface area contributed by atoms with Crippen LogP contribution in [0.1, 0.15) is 19.8 Å². The zero-order chi connectivity index (χ0) is 18.6. The van der Waals surface area contributed by atoms with Gasteiger partial charge in [0.15, 0.2) is 0 Å². The maximum Gasteiger partial charge on any atom is 0.461 e. The van der Waals surface area contributed by atoms with Crippen LogP contribution in [0.5, 0.6) is 0 Å². The van der Waals surface area contributed by atoms with Crippen LogP contribution in [-0.2, 0) is 0 Å². The van der Waals surface area contributed by atoms with E-state index in [-0.39, 0.29) is 0 Å². The van der Waals surface area contributed by atoms with Crippen molar-refractivity contribution in [3.63, 3.8) is 0 Å². The molecule has 0 amide bonds. The van der Waals surface area contributed by atoms with Crippen LogP contribution in [-0.4, -0.2) is 49.4 Å². The number of nitrogens with one attached hydrogen (secondary N) is 1. The van der Waals surface area contributed by atoms with Crippen molar-refractivity contribution in [3.05, 3.63) is 0 Å². The van der Waals surface area contributed by atoms with Crippen LogP contribution >= 0.6 is 0 Å². The first-order chi connectivity index (χ1) is 10.1. The van der Waals surface area contributed by atoms with Gasteiger partial charge in [-0.15, -0.1) is 0 Å². The van der Waals surface area contributed by atoms with Gasteiger partial charge in [0.1, 0.15) is 24.7 Å². The van der Waals surface area contributed by atoms with Crippen LogP contribution in [0.2, 0.25) is 0 Å². The Kier molecular flexibility index (Phi) is 7.57. The summed E-state index contributed by atoms with van der Waals surface area (Å²) >= 11 is 0. The second-order valence-electron chi connectivity index (χ2n) is 4.83. The molecule has 0 rings (SSSR count). The summed E-state index contributed by atoms with van der Waals surface area (Å²) in [6.07, 6.45) is -18.1. The molecule has 4 unspecified atom stereocenters. The minimum absolute atomic E-state index is 0.311. The van der Waals surface area contributed by atoms with Gasteiger partial charge in [-0.3, -0.25) is 0 Å². The molecule has 0 aliphatic rings. The van der Waals surface area contributed by atoms with E-state index in [1.807, 2.05) is 0 Å². The third-order valence-corrected chi connectivity index (χ3v) is 2.88. The number of hydrogen-bond donors (Lipinski definition) is 1. The summed E-state index contributed by atoms with van der Waals surface area (Å²) in [5, 5.41) is 0.311. The largest absolute Gasteiger partial charge is 0.461 e. The molecule has 0 heterocycles. The summed E-state index contributed by atoms with van der Waals surface area (Å²) in [5.41, 5.74) is 0. The number of halogens is 11. The maximum atomic E-state index is 13.2. The van der Waals surface area contributed by atoms with Crippen LogP contribution in [0.15, 0.2) is 0 Å². The Bertz CT molecular complexity index is 354. The molecule has 1 N–H and O–H groups in total. The molecular formula is C11H14F11N. The molecule has 0 bridgehead atoms. The van der Waals surface area contributed by atoms with Crippen LogP contribution in [0.3, 0.4) is 0 Å². The number of rotatable bonds is 9. The summed E-state index contributed by atoms with van der Waals surface area (Å²) in [4.78, 5) is 0. The van der Waals surface area contributed by atoms with Crippen LogP contribution in [0.25, 0.3) is 0 Å². The summed E-state index contributed by atoms with van der Waals surface area (Å²) < 4.78 is 137. The Morgan fingerprint density at radius 2 is 1.17 bits per heavy atom. The zero-order valence-electron chi connectivity index (χ0n) is 11.6. The van der Waals surface area contributed by atoms with Gasteiger partial charge in [-0.1, -0.05) is 0 Å². The molecule has 0 spiro atoms. The van der Waals surface area contributed by atoms with E-state index < -0.39 is 62.2 Å². The molecule has 140 valence electrons. The summed E-state index contributed by atoms with van der Waals surface area (Å²) in [5.74, 6) is -6.50. The van der Waals surface area contributed by atoms with Crippen molar-refractivity contribution in [1.82, 2.24) is 5.32 Å². The Balaban J connectivity index is 4.54. The molecule has 12 heteroatoms. The van der Waals surface area contributed by atoms with E-state index in [0.29, 0.717) is 5.32 Å². The quantitative estimate of drug-likeness (QED) is 0.466. The molecule has 0 radical (unpaired) electrons. The van der Waals surface area contributed by atoms with Crippen molar-refractivity contribution >= 4 is 0 Å². The van der Waals surface area contributed by atoms with Gasteiger partial charge in [0.2, 0.25) is 0 Å². The molecule has 1 nitrogen and oxygen atoms in total. The fourth-order valence-corrected chi connectivity index (χ4v) is 1.37. The second-order valence-corrected chi connectivity index (χ2v) is 4.83. The molecule has 0 aromatic carbocycles. The Morgan fingerprint density at radius 3 is 1.57 bits per heavy atom. The van der Waals surface area contributed by atoms with Gasteiger partial charge in [-0.05, 0) is 19.8 Å². The monoisotopic (exact) mass is 369 g/mol. The fourth-order valence-electron chi connectivity index (χ4n) is 1.37. The fraction of sp³-hybridized carbons (Fsp3) is 1.00. The molecule has 0 aliphatic heterocycles. The summed E-state index contributed by atoms with van der Waals surface area (Å²) in [7, 11) is 0. The van der Waals surface area contributed by atoms with Crippen molar-refractivity contribution in [1.29, 1.82) is 0 Å². The highest BCUT2D eigenvalue weighted by atomic mass is 19.4. The molecule has 0 saturated heterocycles. The summed E-state index contributed by atoms with van der Waals surface area (Å²) in [6.45, 7) is -1.08. The van der Waals surface area contributed by atoms with Crippen molar-refractivity contribution in [2.45, 2.75) is 62.6 Å². The Hall–Kier alpha value is -0.810. The van der Waals surface area contributed by atoms with Gasteiger partial charge in [0, 0.05) is 6.54 Å². The normalized spacial score (nSPS) is 19.3. The van der Waals surface area contributed by atoms with Crippen molar-refractivity contribution < 1.29 is 48.3 Å². The van der Waals surface area contributed by atoms with Gasteiger partial charge in [-0.25, -0.2) is 22.9 Å². The number of hydrogen-bond acceptors (Lipinski definition) is 1. The minimum atomic E-state index is -6.61. The van der Waals surface area contributed by atoms with Gasteiger partial charge >= 0.3 is 18.1 Å². The SMILES string of the molecule is CC(F)C(F)CCC(F)C(F)CNC(F)(F)C(F)(F)C(F)(F)F. The van der Waals surface area contributed by atoms with Crippen LogP contribution < -0.4 is 5.32 Å². The van der Waals surface area contributed by atoms with E-state index >= 15 is 0 Å². The van der Waals surface area contributed by atoms with E-state index in [1.54, 1.807) is 0 Å². The lowest BCUT2D eigenvalue weighted by Crippen LogP contribution is -2.60. The van der Waals surface area contributed by atoms with Crippen LogP contribution in [0, 0.1) is 0 Å². The van der Waals surface area contributed by atoms with Crippen molar-refractivity contribution in [3.8, 4) is 0 Å². The standard InChI is InChI=1S/C11H14F11N/c1-5(12)6(13)2-3-7(14)8(15)4-23-11(21,22)9(16,17)10(18,19)20/h5-8,23H,2-4H2,1H3. The first kappa shape index (κ1) is 22.2. The van der Waals surface area contributed by atoms with E-state index in [0.717, 1.165) is 6.92 Å². The molecule has 0 saturated carbocycles. The molecule has 23 heavy (non-hydrogen) atoms. The van der Waals surface area contributed by atoms with E-state index in [1.165, 1.54) is 0 Å². The predicted molar refractivity (Wildman–Crippen MR) is 58.4 cm³/mol. The summed E-state index contributed by atoms with van der Waals surface area (Å²) in [6, 6.07) is -5.87. The lowest BCUT2D eigenvalue weighted by molar-refractivity contribution is -0.362.